The first-order valence-electron chi connectivity index (χ1n) is 7.02. The van der Waals surface area contributed by atoms with Crippen LogP contribution in [0.1, 0.15) is 43.1 Å². The number of rotatable bonds is 3. The van der Waals surface area contributed by atoms with Crippen molar-refractivity contribution < 1.29 is 24.9 Å². The molecule has 0 heterocycles. The molecule has 0 aliphatic rings. The van der Waals surface area contributed by atoms with Crippen LogP contribution < -0.4 is 0 Å². The van der Waals surface area contributed by atoms with Crippen LogP contribution >= 0.6 is 0 Å². The smallest absolute Gasteiger partial charge is 0.174 e. The average Bonchev–Trinajstić information content (AvgIpc) is 2.38. The number of carbonyl (C=O) groups is 2. The van der Waals surface area contributed by atoms with Crippen LogP contribution in [0.25, 0.3) is 10.8 Å². The van der Waals surface area contributed by atoms with E-state index in [1.807, 2.05) is 13.8 Å². The quantitative estimate of drug-likeness (QED) is 0.596. The fourth-order valence-electron chi connectivity index (χ4n) is 2.29. The molecule has 0 saturated heterocycles. The average molecular weight is 304 g/mol. The first-order valence-corrected chi connectivity index (χ1v) is 7.02. The Bertz CT molecular complexity index is 732. The number of Topliss-reactive ketones (excluding diaryl/α,β-unsaturated/α-hetero) is 2. The highest BCUT2D eigenvalue weighted by Gasteiger charge is 2.20. The number of fused-ring (bicyclic) bond motifs is 1. The van der Waals surface area contributed by atoms with Gasteiger partial charge in [0.25, 0.3) is 0 Å². The van der Waals surface area contributed by atoms with Gasteiger partial charge in [-0.3, -0.25) is 9.59 Å². The number of carbonyl (C=O) groups excluding carboxylic acids is 2. The molecule has 0 spiro atoms. The lowest BCUT2D eigenvalue weighted by Crippen LogP contribution is -2.07. The SMILES string of the molecule is CC.CC(=O)CC(=O)c1c(C)cc2cc(O)cc(O)c2c1O. The minimum atomic E-state index is -0.498. The molecule has 2 aromatic carbocycles. The molecule has 0 atom stereocenters. The molecule has 0 bridgehead atoms. The highest BCUT2D eigenvalue weighted by molar-refractivity contribution is 6.13. The van der Waals surface area contributed by atoms with Gasteiger partial charge < -0.3 is 15.3 Å². The Morgan fingerprint density at radius 1 is 1.05 bits per heavy atom. The van der Waals surface area contributed by atoms with E-state index in [2.05, 4.69) is 0 Å². The normalized spacial score (nSPS) is 10.0. The molecule has 0 radical (unpaired) electrons. The van der Waals surface area contributed by atoms with Crippen molar-refractivity contribution in [1.29, 1.82) is 0 Å². The van der Waals surface area contributed by atoms with E-state index < -0.39 is 5.78 Å². The summed E-state index contributed by atoms with van der Waals surface area (Å²) >= 11 is 0. The molecule has 0 aliphatic heterocycles. The maximum atomic E-state index is 12.0. The lowest BCUT2D eigenvalue weighted by atomic mass is 9.95. The van der Waals surface area contributed by atoms with Crippen molar-refractivity contribution in [2.24, 2.45) is 0 Å². The van der Waals surface area contributed by atoms with E-state index in [0.29, 0.717) is 10.9 Å². The topological polar surface area (TPSA) is 94.8 Å². The summed E-state index contributed by atoms with van der Waals surface area (Å²) in [5.41, 5.74) is 0.500. The van der Waals surface area contributed by atoms with E-state index in [1.54, 1.807) is 13.0 Å². The standard InChI is InChI=1S/C15H14O5.C2H6/c1-7-3-9-5-10(17)6-12(19)14(9)15(20)13(7)11(18)4-8(2)16;1-2/h3,5-6,17,19-20H,4H2,1-2H3;1-2H3. The minimum Gasteiger partial charge on any atom is -0.508 e. The fourth-order valence-corrected chi connectivity index (χ4v) is 2.29. The van der Waals surface area contributed by atoms with E-state index in [1.165, 1.54) is 13.0 Å². The van der Waals surface area contributed by atoms with Gasteiger partial charge in [-0.05, 0) is 30.9 Å². The van der Waals surface area contributed by atoms with Crippen molar-refractivity contribution in [2.45, 2.75) is 34.1 Å². The third-order valence-corrected chi connectivity index (χ3v) is 3.06. The van der Waals surface area contributed by atoms with Crippen LogP contribution in [0.4, 0.5) is 0 Å². The Labute approximate surface area is 128 Å². The molecule has 2 aromatic rings. The predicted octanol–water partition coefficient (Wildman–Crippen LogP) is 3.45. The Morgan fingerprint density at radius 3 is 2.18 bits per heavy atom. The van der Waals surface area contributed by atoms with Gasteiger partial charge in [0.1, 0.15) is 23.0 Å². The van der Waals surface area contributed by atoms with Gasteiger partial charge >= 0.3 is 0 Å². The van der Waals surface area contributed by atoms with Crippen LogP contribution in [-0.4, -0.2) is 26.9 Å². The second kappa shape index (κ2) is 6.93. The maximum Gasteiger partial charge on any atom is 0.174 e. The molecular weight excluding hydrogens is 284 g/mol. The fraction of sp³-hybridized carbons (Fsp3) is 0.294. The van der Waals surface area contributed by atoms with E-state index in [4.69, 9.17) is 0 Å². The van der Waals surface area contributed by atoms with Crippen LogP contribution in [0, 0.1) is 6.92 Å². The number of aryl methyl sites for hydroxylation is 1. The zero-order valence-corrected chi connectivity index (χ0v) is 13.1. The van der Waals surface area contributed by atoms with Crippen LogP contribution in [0.15, 0.2) is 18.2 Å². The van der Waals surface area contributed by atoms with Gasteiger partial charge in [-0.2, -0.15) is 0 Å². The summed E-state index contributed by atoms with van der Waals surface area (Å²) in [6, 6.07) is 4.03. The molecule has 0 aliphatic carbocycles. The second-order valence-electron chi connectivity index (χ2n) is 4.78. The monoisotopic (exact) mass is 304 g/mol. The largest absolute Gasteiger partial charge is 0.508 e. The lowest BCUT2D eigenvalue weighted by Gasteiger charge is -2.12. The van der Waals surface area contributed by atoms with Gasteiger partial charge in [0.15, 0.2) is 5.78 Å². The molecule has 0 saturated carbocycles. The molecule has 3 N–H and O–H groups in total. The van der Waals surface area contributed by atoms with Crippen molar-refractivity contribution in [3.8, 4) is 17.2 Å². The highest BCUT2D eigenvalue weighted by atomic mass is 16.3. The predicted molar refractivity (Wildman–Crippen MR) is 84.7 cm³/mol. The zero-order valence-electron chi connectivity index (χ0n) is 13.1. The Hall–Kier alpha value is -2.56. The number of hydrogen-bond donors (Lipinski definition) is 3. The minimum absolute atomic E-state index is 0.0219. The molecule has 5 heteroatoms. The molecule has 2 rings (SSSR count). The van der Waals surface area contributed by atoms with Crippen LogP contribution in [0.2, 0.25) is 0 Å². The van der Waals surface area contributed by atoms with Crippen molar-refractivity contribution in [3.63, 3.8) is 0 Å². The Kier molecular flexibility index (Phi) is 5.51. The van der Waals surface area contributed by atoms with E-state index in [9.17, 15) is 24.9 Å². The first-order chi connectivity index (χ1) is 10.3. The van der Waals surface area contributed by atoms with Crippen molar-refractivity contribution in [3.05, 3.63) is 29.3 Å². The maximum absolute atomic E-state index is 12.0. The molecule has 0 aromatic heterocycles. The van der Waals surface area contributed by atoms with Gasteiger partial charge in [-0.1, -0.05) is 19.9 Å². The molecule has 5 nitrogen and oxygen atoms in total. The molecule has 0 fully saturated rings. The van der Waals surface area contributed by atoms with Crippen LogP contribution in [0.5, 0.6) is 17.2 Å². The Balaban J connectivity index is 0.00000116. The number of ketones is 2. The molecule has 0 amide bonds. The second-order valence-corrected chi connectivity index (χ2v) is 4.78. The summed E-state index contributed by atoms with van der Waals surface area (Å²) in [7, 11) is 0. The summed E-state index contributed by atoms with van der Waals surface area (Å²) in [4.78, 5) is 23.0. The van der Waals surface area contributed by atoms with Gasteiger partial charge in [-0.25, -0.2) is 0 Å². The summed E-state index contributed by atoms with van der Waals surface area (Å²) in [5, 5.41) is 30.0. The van der Waals surface area contributed by atoms with Crippen molar-refractivity contribution >= 4 is 22.3 Å². The highest BCUT2D eigenvalue weighted by Crippen LogP contribution is 2.40. The molecule has 22 heavy (non-hydrogen) atoms. The number of phenolic OH excluding ortho intramolecular Hbond substituents is 3. The Morgan fingerprint density at radius 2 is 1.64 bits per heavy atom. The summed E-state index contributed by atoms with van der Waals surface area (Å²) in [6.45, 7) is 6.91. The number of benzene rings is 2. The van der Waals surface area contributed by atoms with E-state index >= 15 is 0 Å². The zero-order chi connectivity index (χ0) is 17.0. The van der Waals surface area contributed by atoms with Gasteiger partial charge in [-0.15, -0.1) is 0 Å². The van der Waals surface area contributed by atoms with Gasteiger partial charge in [0, 0.05) is 6.07 Å². The number of hydrogen-bond acceptors (Lipinski definition) is 5. The lowest BCUT2D eigenvalue weighted by molar-refractivity contribution is -0.116. The first kappa shape index (κ1) is 17.5. The third-order valence-electron chi connectivity index (χ3n) is 3.06. The molecule has 0 unspecified atom stereocenters. The van der Waals surface area contributed by atoms with Gasteiger partial charge in [0.05, 0.1) is 17.4 Å². The molecule has 118 valence electrons. The van der Waals surface area contributed by atoms with Crippen LogP contribution in [-0.2, 0) is 4.79 Å². The van der Waals surface area contributed by atoms with E-state index in [-0.39, 0.29) is 40.4 Å². The van der Waals surface area contributed by atoms with Crippen molar-refractivity contribution in [1.82, 2.24) is 0 Å². The summed E-state index contributed by atoms with van der Waals surface area (Å²) in [6.07, 6.45) is -0.307. The number of aromatic hydroxyl groups is 3. The summed E-state index contributed by atoms with van der Waals surface area (Å²) < 4.78 is 0. The van der Waals surface area contributed by atoms with Gasteiger partial charge in [0.2, 0.25) is 0 Å². The summed E-state index contributed by atoms with van der Waals surface area (Å²) in [5.74, 6) is -1.64. The van der Waals surface area contributed by atoms with Crippen molar-refractivity contribution in [2.75, 3.05) is 0 Å². The molecular formula is C17H20O5. The van der Waals surface area contributed by atoms with E-state index in [0.717, 1.165) is 6.07 Å². The third kappa shape index (κ3) is 3.36. The number of phenols is 3. The van der Waals surface area contributed by atoms with Crippen LogP contribution in [0.3, 0.4) is 0 Å².